The van der Waals surface area contributed by atoms with Crippen LogP contribution in [0.4, 0.5) is 0 Å². The molecule has 0 heterocycles. The molecule has 0 aromatic carbocycles. The van der Waals surface area contributed by atoms with E-state index in [1.807, 2.05) is 0 Å². The van der Waals surface area contributed by atoms with Crippen molar-refractivity contribution in [3.05, 3.63) is 35.5 Å². The van der Waals surface area contributed by atoms with E-state index in [4.69, 9.17) is 0 Å². The van der Waals surface area contributed by atoms with Crippen LogP contribution in [0.3, 0.4) is 0 Å². The molecule has 2 N–H and O–H groups in total. The van der Waals surface area contributed by atoms with Crippen molar-refractivity contribution < 1.29 is 10.2 Å². The van der Waals surface area contributed by atoms with E-state index < -0.39 is 12.2 Å². The number of rotatable bonds is 2. The molecule has 3 fully saturated rings. The standard InChI is InChI=1S/C22H34O2/c1-14(2)18-9-10-19-17(6-5-11-22(18,19)4)8-7-16-12-20(23)15(3)21(24)13-16/h7-8,14,18-21,23-24H,3,5-6,9-13H2,1-2,4H3/b16-7?,17-8+/t18?,19?,20-,21?,22?/m1/s1. The summed E-state index contributed by atoms with van der Waals surface area (Å²) in [5.41, 5.74) is 3.80. The van der Waals surface area contributed by atoms with Crippen LogP contribution in [0.5, 0.6) is 0 Å². The maximum Gasteiger partial charge on any atom is 0.0809 e. The van der Waals surface area contributed by atoms with Gasteiger partial charge in [-0.05, 0) is 73.7 Å². The Bertz CT molecular complexity index is 540. The summed E-state index contributed by atoms with van der Waals surface area (Å²) in [4.78, 5) is 0. The normalized spacial score (nSPS) is 43.7. The lowest BCUT2D eigenvalue weighted by Crippen LogP contribution is -2.35. The summed E-state index contributed by atoms with van der Waals surface area (Å²) in [7, 11) is 0. The molecule has 0 spiro atoms. The van der Waals surface area contributed by atoms with Gasteiger partial charge in [-0.15, -0.1) is 0 Å². The zero-order valence-corrected chi connectivity index (χ0v) is 15.6. The Balaban J connectivity index is 1.78. The van der Waals surface area contributed by atoms with Gasteiger partial charge in [0.1, 0.15) is 0 Å². The number of aliphatic hydroxyl groups excluding tert-OH is 2. The van der Waals surface area contributed by atoms with Gasteiger partial charge in [-0.25, -0.2) is 0 Å². The molecule has 0 aromatic rings. The fourth-order valence-corrected chi connectivity index (χ4v) is 5.80. The minimum atomic E-state index is -0.591. The smallest absolute Gasteiger partial charge is 0.0809 e. The molecule has 3 aliphatic carbocycles. The van der Waals surface area contributed by atoms with Crippen LogP contribution in [-0.4, -0.2) is 22.4 Å². The SMILES string of the molecule is C=C1C(O)CC(=C/C=C2\CCCC3(C)C2CCC3C(C)C)C[C@H]1O. The molecule has 134 valence electrons. The molecule has 3 rings (SSSR count). The fourth-order valence-electron chi connectivity index (χ4n) is 5.80. The molecule has 0 bridgehead atoms. The summed E-state index contributed by atoms with van der Waals surface area (Å²) >= 11 is 0. The molecule has 24 heavy (non-hydrogen) atoms. The zero-order valence-electron chi connectivity index (χ0n) is 15.6. The van der Waals surface area contributed by atoms with Crippen LogP contribution in [-0.2, 0) is 0 Å². The molecular formula is C22H34O2. The van der Waals surface area contributed by atoms with Crippen molar-refractivity contribution in [2.75, 3.05) is 0 Å². The Morgan fingerprint density at radius 2 is 1.79 bits per heavy atom. The Labute approximate surface area is 147 Å². The second-order valence-corrected chi connectivity index (χ2v) is 8.92. The summed E-state index contributed by atoms with van der Waals surface area (Å²) in [5, 5.41) is 20.0. The van der Waals surface area contributed by atoms with Crippen molar-refractivity contribution >= 4 is 0 Å². The van der Waals surface area contributed by atoms with E-state index in [-0.39, 0.29) is 0 Å². The van der Waals surface area contributed by atoms with Gasteiger partial charge in [0, 0.05) is 0 Å². The van der Waals surface area contributed by atoms with E-state index in [0.717, 1.165) is 23.3 Å². The van der Waals surface area contributed by atoms with E-state index in [1.54, 1.807) is 5.57 Å². The van der Waals surface area contributed by atoms with Crippen LogP contribution in [0.1, 0.15) is 65.7 Å². The highest BCUT2D eigenvalue weighted by molar-refractivity contribution is 5.29. The van der Waals surface area contributed by atoms with Gasteiger partial charge in [0.2, 0.25) is 0 Å². The molecule has 0 radical (unpaired) electrons. The molecule has 2 nitrogen and oxygen atoms in total. The summed E-state index contributed by atoms with van der Waals surface area (Å²) in [6, 6.07) is 0. The van der Waals surface area contributed by atoms with E-state index in [9.17, 15) is 10.2 Å². The third-order valence-corrected chi connectivity index (χ3v) is 7.14. The molecule has 3 aliphatic rings. The second-order valence-electron chi connectivity index (χ2n) is 8.92. The number of hydrogen-bond donors (Lipinski definition) is 2. The van der Waals surface area contributed by atoms with Gasteiger partial charge in [0.05, 0.1) is 12.2 Å². The van der Waals surface area contributed by atoms with E-state index >= 15 is 0 Å². The maximum absolute atomic E-state index is 10.0. The van der Waals surface area contributed by atoms with E-state index in [2.05, 4.69) is 39.5 Å². The minimum absolute atomic E-state index is 0.469. The van der Waals surface area contributed by atoms with Crippen molar-refractivity contribution in [3.8, 4) is 0 Å². The molecule has 0 saturated heterocycles. The van der Waals surface area contributed by atoms with Crippen LogP contribution >= 0.6 is 0 Å². The van der Waals surface area contributed by atoms with Crippen molar-refractivity contribution in [3.63, 3.8) is 0 Å². The predicted molar refractivity (Wildman–Crippen MR) is 99.6 cm³/mol. The molecule has 5 atom stereocenters. The molecule has 4 unspecified atom stereocenters. The minimum Gasteiger partial charge on any atom is -0.388 e. The lowest BCUT2D eigenvalue weighted by atomic mass is 9.61. The average molecular weight is 331 g/mol. The third kappa shape index (κ3) is 3.15. The topological polar surface area (TPSA) is 40.5 Å². The summed E-state index contributed by atoms with van der Waals surface area (Å²) in [6.45, 7) is 11.1. The van der Waals surface area contributed by atoms with Gasteiger partial charge in [0.25, 0.3) is 0 Å². The van der Waals surface area contributed by atoms with Crippen LogP contribution < -0.4 is 0 Å². The molecule has 3 saturated carbocycles. The Hall–Kier alpha value is -0.860. The fraction of sp³-hybridized carbons (Fsp3) is 0.727. The van der Waals surface area contributed by atoms with E-state index in [0.29, 0.717) is 23.8 Å². The van der Waals surface area contributed by atoms with Crippen molar-refractivity contribution in [2.24, 2.45) is 23.2 Å². The summed E-state index contributed by atoms with van der Waals surface area (Å²) < 4.78 is 0. The first-order chi connectivity index (χ1) is 11.3. The Morgan fingerprint density at radius 3 is 2.42 bits per heavy atom. The largest absolute Gasteiger partial charge is 0.388 e. The first kappa shape index (κ1) is 17.9. The van der Waals surface area contributed by atoms with Gasteiger partial charge < -0.3 is 10.2 Å². The summed E-state index contributed by atoms with van der Waals surface area (Å²) in [5.74, 6) is 2.34. The average Bonchev–Trinajstić information content (AvgIpc) is 2.88. The van der Waals surface area contributed by atoms with Gasteiger partial charge in [-0.1, -0.05) is 50.6 Å². The number of aliphatic hydroxyl groups is 2. The molecular weight excluding hydrogens is 296 g/mol. The zero-order chi connectivity index (χ0) is 17.5. The van der Waals surface area contributed by atoms with Gasteiger partial charge >= 0.3 is 0 Å². The second kappa shape index (κ2) is 6.80. The maximum atomic E-state index is 10.0. The first-order valence-electron chi connectivity index (χ1n) is 9.76. The van der Waals surface area contributed by atoms with Crippen LogP contribution in [0.2, 0.25) is 0 Å². The number of allylic oxidation sites excluding steroid dienone is 3. The highest BCUT2D eigenvalue weighted by Gasteiger charge is 2.49. The van der Waals surface area contributed by atoms with Crippen LogP contribution in [0, 0.1) is 23.2 Å². The Morgan fingerprint density at radius 1 is 1.12 bits per heavy atom. The van der Waals surface area contributed by atoms with Crippen molar-refractivity contribution in [1.82, 2.24) is 0 Å². The summed E-state index contributed by atoms with van der Waals surface area (Å²) in [6.07, 6.45) is 11.1. The lowest BCUT2D eigenvalue weighted by Gasteiger charge is -2.43. The molecule has 2 heteroatoms. The highest BCUT2D eigenvalue weighted by Crippen LogP contribution is 2.59. The van der Waals surface area contributed by atoms with Gasteiger partial charge in [-0.2, -0.15) is 0 Å². The molecule has 0 amide bonds. The number of fused-ring (bicyclic) bond motifs is 1. The molecule has 0 aromatic heterocycles. The van der Waals surface area contributed by atoms with Gasteiger partial charge in [0.15, 0.2) is 0 Å². The van der Waals surface area contributed by atoms with Gasteiger partial charge in [-0.3, -0.25) is 0 Å². The predicted octanol–water partition coefficient (Wildman–Crippen LogP) is 4.78. The van der Waals surface area contributed by atoms with Crippen molar-refractivity contribution in [1.29, 1.82) is 0 Å². The molecule has 0 aliphatic heterocycles. The highest BCUT2D eigenvalue weighted by atomic mass is 16.3. The first-order valence-corrected chi connectivity index (χ1v) is 9.76. The Kier molecular flexibility index (Phi) is 5.09. The third-order valence-electron chi connectivity index (χ3n) is 7.14. The monoisotopic (exact) mass is 330 g/mol. The van der Waals surface area contributed by atoms with Crippen LogP contribution in [0.15, 0.2) is 35.5 Å². The number of hydrogen-bond acceptors (Lipinski definition) is 2. The van der Waals surface area contributed by atoms with E-state index in [1.165, 1.54) is 32.1 Å². The lowest BCUT2D eigenvalue weighted by molar-refractivity contribution is 0.104. The van der Waals surface area contributed by atoms with Crippen molar-refractivity contribution in [2.45, 2.75) is 77.9 Å². The quantitative estimate of drug-likeness (QED) is 0.715. The van der Waals surface area contributed by atoms with Crippen LogP contribution in [0.25, 0.3) is 0 Å².